The minimum Gasteiger partial charge on any atom is -0.0622 e. The summed E-state index contributed by atoms with van der Waals surface area (Å²) in [5.41, 5.74) is 4.92. The van der Waals surface area contributed by atoms with Crippen LogP contribution in [0.5, 0.6) is 0 Å². The van der Waals surface area contributed by atoms with Crippen LogP contribution in [0.15, 0.2) is 97.1 Å². The Bertz CT molecular complexity index is 748. The predicted octanol–water partition coefficient (Wildman–Crippen LogP) is 6.08. The Morgan fingerprint density at radius 2 is 0.864 bits per heavy atom. The second kappa shape index (κ2) is 7.24. The molecule has 22 heavy (non-hydrogen) atoms. The van der Waals surface area contributed by atoms with Crippen LogP contribution in [0.3, 0.4) is 0 Å². The van der Waals surface area contributed by atoms with Crippen molar-refractivity contribution in [1.29, 1.82) is 0 Å². The second-order valence-corrected chi connectivity index (χ2v) is 5.12. The highest BCUT2D eigenvalue weighted by Gasteiger charge is 1.95. The molecule has 0 fully saturated rings. The summed E-state index contributed by atoms with van der Waals surface area (Å²) in [6.45, 7) is 0. The summed E-state index contributed by atoms with van der Waals surface area (Å²) in [6.07, 6.45) is 8.37. The largest absolute Gasteiger partial charge is 0.0622 e. The Morgan fingerprint density at radius 3 is 1.45 bits per heavy atom. The number of benzene rings is 3. The summed E-state index contributed by atoms with van der Waals surface area (Å²) in [4.78, 5) is 0. The van der Waals surface area contributed by atoms with E-state index in [2.05, 4.69) is 85.0 Å². The smallest absolute Gasteiger partial charge is 0.0184 e. The molecule has 0 saturated carbocycles. The van der Waals surface area contributed by atoms with Gasteiger partial charge in [0.25, 0.3) is 0 Å². The zero-order chi connectivity index (χ0) is 15.0. The van der Waals surface area contributed by atoms with E-state index in [1.54, 1.807) is 0 Å². The van der Waals surface area contributed by atoms with Gasteiger partial charge in [-0.2, -0.15) is 0 Å². The number of hydrogen-bond acceptors (Lipinski definition) is 0. The third kappa shape index (κ3) is 3.83. The first-order valence-corrected chi connectivity index (χ1v) is 7.47. The van der Waals surface area contributed by atoms with Crippen LogP contribution in [0.1, 0.15) is 11.1 Å². The molecule has 0 radical (unpaired) electrons. The lowest BCUT2D eigenvalue weighted by Gasteiger charge is -2.01. The van der Waals surface area contributed by atoms with Crippen LogP contribution in [0.4, 0.5) is 0 Å². The maximum absolute atomic E-state index is 2.16. The van der Waals surface area contributed by atoms with Gasteiger partial charge >= 0.3 is 0 Å². The summed E-state index contributed by atoms with van der Waals surface area (Å²) < 4.78 is 0. The van der Waals surface area contributed by atoms with Crippen LogP contribution in [-0.2, 0) is 0 Å². The quantitative estimate of drug-likeness (QED) is 0.509. The first kappa shape index (κ1) is 14.1. The third-order valence-corrected chi connectivity index (χ3v) is 3.51. The highest BCUT2D eigenvalue weighted by molar-refractivity contribution is 5.66. The average Bonchev–Trinajstić information content (AvgIpc) is 2.61. The summed E-state index contributed by atoms with van der Waals surface area (Å²) in [6, 6.07) is 29.4. The van der Waals surface area contributed by atoms with Gasteiger partial charge in [-0.05, 0) is 22.3 Å². The highest BCUT2D eigenvalue weighted by Crippen LogP contribution is 2.19. The van der Waals surface area contributed by atoms with E-state index in [0.29, 0.717) is 0 Å². The standard InChI is InChI=1S/C22H18/c1-3-9-19(10-4-1)11-7-8-12-20-15-17-22(18-16-20)21-13-5-2-6-14-21/h1-18H/b11-7+,12-8+. The molecule has 0 aromatic heterocycles. The molecular formula is C22H18. The van der Waals surface area contributed by atoms with E-state index < -0.39 is 0 Å². The maximum atomic E-state index is 2.16. The van der Waals surface area contributed by atoms with E-state index in [-0.39, 0.29) is 0 Å². The Hall–Kier alpha value is -2.86. The SMILES string of the molecule is C(/C=C/c1ccc(-c2ccccc2)cc1)=C\c1ccccc1. The number of allylic oxidation sites excluding steroid dienone is 2. The van der Waals surface area contributed by atoms with Gasteiger partial charge in [0, 0.05) is 0 Å². The first-order valence-electron chi connectivity index (χ1n) is 7.47. The fourth-order valence-electron chi connectivity index (χ4n) is 2.31. The summed E-state index contributed by atoms with van der Waals surface area (Å²) in [5.74, 6) is 0. The zero-order valence-electron chi connectivity index (χ0n) is 12.4. The molecule has 0 aliphatic carbocycles. The van der Waals surface area contributed by atoms with Gasteiger partial charge in [0.2, 0.25) is 0 Å². The van der Waals surface area contributed by atoms with Crippen molar-refractivity contribution in [3.05, 3.63) is 108 Å². The Labute approximate surface area is 132 Å². The van der Waals surface area contributed by atoms with E-state index in [1.807, 2.05) is 24.3 Å². The second-order valence-electron chi connectivity index (χ2n) is 5.12. The van der Waals surface area contributed by atoms with Crippen LogP contribution in [0.2, 0.25) is 0 Å². The molecule has 3 aromatic carbocycles. The van der Waals surface area contributed by atoms with E-state index in [4.69, 9.17) is 0 Å². The summed E-state index contributed by atoms with van der Waals surface area (Å²) in [5, 5.41) is 0. The van der Waals surface area contributed by atoms with Crippen molar-refractivity contribution in [2.45, 2.75) is 0 Å². The molecule has 0 amide bonds. The fraction of sp³-hybridized carbons (Fsp3) is 0. The molecule has 0 heterocycles. The van der Waals surface area contributed by atoms with Crippen LogP contribution in [0.25, 0.3) is 23.3 Å². The zero-order valence-corrected chi connectivity index (χ0v) is 12.4. The van der Waals surface area contributed by atoms with Crippen LogP contribution in [0, 0.1) is 0 Å². The predicted molar refractivity (Wildman–Crippen MR) is 96.4 cm³/mol. The maximum Gasteiger partial charge on any atom is -0.0184 e. The Balaban J connectivity index is 1.66. The fourth-order valence-corrected chi connectivity index (χ4v) is 2.31. The van der Waals surface area contributed by atoms with Crippen molar-refractivity contribution in [2.24, 2.45) is 0 Å². The summed E-state index contributed by atoms with van der Waals surface area (Å²) in [7, 11) is 0. The molecule has 0 aliphatic heterocycles. The molecule has 3 aromatic rings. The lowest BCUT2D eigenvalue weighted by molar-refractivity contribution is 1.60. The van der Waals surface area contributed by atoms with E-state index in [1.165, 1.54) is 22.3 Å². The normalized spacial score (nSPS) is 11.3. The molecule has 3 rings (SSSR count). The van der Waals surface area contributed by atoms with Crippen molar-refractivity contribution in [3.63, 3.8) is 0 Å². The monoisotopic (exact) mass is 282 g/mol. The number of rotatable bonds is 4. The first-order chi connectivity index (χ1) is 10.9. The topological polar surface area (TPSA) is 0 Å². The van der Waals surface area contributed by atoms with E-state index in [0.717, 1.165) is 0 Å². The third-order valence-electron chi connectivity index (χ3n) is 3.51. The van der Waals surface area contributed by atoms with Gasteiger partial charge < -0.3 is 0 Å². The van der Waals surface area contributed by atoms with Gasteiger partial charge in [0.15, 0.2) is 0 Å². The van der Waals surface area contributed by atoms with Gasteiger partial charge in [-0.1, -0.05) is 109 Å². The molecule has 0 aliphatic rings. The molecular weight excluding hydrogens is 264 g/mol. The lowest BCUT2D eigenvalue weighted by atomic mass is 10.0. The molecule has 0 nitrogen and oxygen atoms in total. The molecule has 0 bridgehead atoms. The molecule has 0 atom stereocenters. The van der Waals surface area contributed by atoms with Crippen molar-refractivity contribution < 1.29 is 0 Å². The molecule has 0 N–H and O–H groups in total. The van der Waals surface area contributed by atoms with Crippen LogP contribution in [-0.4, -0.2) is 0 Å². The molecule has 0 heteroatoms. The van der Waals surface area contributed by atoms with Crippen LogP contribution < -0.4 is 0 Å². The van der Waals surface area contributed by atoms with Crippen molar-refractivity contribution in [1.82, 2.24) is 0 Å². The van der Waals surface area contributed by atoms with Crippen LogP contribution >= 0.6 is 0 Å². The Kier molecular flexibility index (Phi) is 4.63. The van der Waals surface area contributed by atoms with E-state index in [9.17, 15) is 0 Å². The average molecular weight is 282 g/mol. The van der Waals surface area contributed by atoms with Crippen molar-refractivity contribution in [2.75, 3.05) is 0 Å². The number of hydrogen-bond donors (Lipinski definition) is 0. The Morgan fingerprint density at radius 1 is 0.409 bits per heavy atom. The minimum absolute atomic E-state index is 1.21. The highest BCUT2D eigenvalue weighted by atomic mass is 14.0. The molecule has 0 spiro atoms. The molecule has 0 saturated heterocycles. The van der Waals surface area contributed by atoms with Gasteiger partial charge in [0.05, 0.1) is 0 Å². The minimum atomic E-state index is 1.21. The van der Waals surface area contributed by atoms with Crippen molar-refractivity contribution in [3.8, 4) is 11.1 Å². The van der Waals surface area contributed by atoms with Gasteiger partial charge in [-0.3, -0.25) is 0 Å². The van der Waals surface area contributed by atoms with E-state index >= 15 is 0 Å². The lowest BCUT2D eigenvalue weighted by Crippen LogP contribution is -1.77. The van der Waals surface area contributed by atoms with Gasteiger partial charge in [0.1, 0.15) is 0 Å². The van der Waals surface area contributed by atoms with Gasteiger partial charge in [-0.15, -0.1) is 0 Å². The molecule has 0 unspecified atom stereocenters. The summed E-state index contributed by atoms with van der Waals surface area (Å²) >= 11 is 0. The molecule has 106 valence electrons. The van der Waals surface area contributed by atoms with Gasteiger partial charge in [-0.25, -0.2) is 0 Å². The van der Waals surface area contributed by atoms with Crippen molar-refractivity contribution >= 4 is 12.2 Å².